The fourth-order valence-electron chi connectivity index (χ4n) is 2.65. The molecule has 2 amide bonds. The van der Waals surface area contributed by atoms with Crippen LogP contribution in [0.5, 0.6) is 11.5 Å². The van der Waals surface area contributed by atoms with E-state index in [0.29, 0.717) is 22.8 Å². The topological polar surface area (TPSA) is 121 Å². The molecule has 10 heteroatoms. The van der Waals surface area contributed by atoms with Gasteiger partial charge in [-0.1, -0.05) is 0 Å². The van der Waals surface area contributed by atoms with Crippen molar-refractivity contribution in [1.29, 1.82) is 0 Å². The lowest BCUT2D eigenvalue weighted by Crippen LogP contribution is -2.39. The molecule has 0 unspecified atom stereocenters. The summed E-state index contributed by atoms with van der Waals surface area (Å²) in [6.45, 7) is 0.297. The van der Waals surface area contributed by atoms with E-state index in [1.807, 2.05) is 0 Å². The molecule has 1 aromatic heterocycles. The Morgan fingerprint density at radius 3 is 2.57 bits per heavy atom. The van der Waals surface area contributed by atoms with Gasteiger partial charge in [0, 0.05) is 44.4 Å². The predicted octanol–water partition coefficient (Wildman–Crippen LogP) is -0.751. The summed E-state index contributed by atoms with van der Waals surface area (Å²) in [6.07, 6.45) is 0.0507. The Hall–Kier alpha value is -3.56. The maximum Gasteiger partial charge on any atom is 0.330 e. The molecule has 0 bridgehead atoms. The second-order valence-corrected chi connectivity index (χ2v) is 6.23. The Balaban J connectivity index is 1.48. The van der Waals surface area contributed by atoms with Crippen LogP contribution in [0.25, 0.3) is 0 Å². The van der Waals surface area contributed by atoms with Crippen molar-refractivity contribution in [2.75, 3.05) is 13.3 Å². The highest BCUT2D eigenvalue weighted by atomic mass is 16.7. The van der Waals surface area contributed by atoms with Gasteiger partial charge in [-0.2, -0.15) is 0 Å². The van der Waals surface area contributed by atoms with Crippen LogP contribution < -0.4 is 31.4 Å². The number of carbonyl (C=O) groups is 2. The van der Waals surface area contributed by atoms with Crippen molar-refractivity contribution in [3.63, 3.8) is 0 Å². The van der Waals surface area contributed by atoms with E-state index in [9.17, 15) is 19.2 Å². The highest BCUT2D eigenvalue weighted by molar-refractivity contribution is 5.95. The third kappa shape index (κ3) is 4.05. The molecule has 0 saturated carbocycles. The van der Waals surface area contributed by atoms with Gasteiger partial charge in [-0.25, -0.2) is 4.79 Å². The Kier molecular flexibility index (Phi) is 5.48. The van der Waals surface area contributed by atoms with Crippen molar-refractivity contribution in [3.05, 3.63) is 56.4 Å². The molecule has 0 fully saturated rings. The van der Waals surface area contributed by atoms with Gasteiger partial charge in [0.25, 0.3) is 11.5 Å². The number of hydrogen-bond acceptors (Lipinski definition) is 6. The summed E-state index contributed by atoms with van der Waals surface area (Å²) in [5.41, 5.74) is -0.110. The number of benzene rings is 1. The second kappa shape index (κ2) is 7.99. The molecule has 1 aliphatic rings. The first-order valence-electron chi connectivity index (χ1n) is 8.57. The number of carbonyl (C=O) groups excluding carboxylic acids is 2. The highest BCUT2D eigenvalue weighted by Gasteiger charge is 2.16. The molecule has 1 aliphatic heterocycles. The standard InChI is InChI=1S/C18H20N4O6/c1-21-12(8-16(24)22(2)18(21)26)9-20-15(23)5-6-19-17(25)11-3-4-13-14(7-11)28-10-27-13/h3-4,7-8H,5-6,9-10H2,1-2H3,(H,19,25)(H,20,23). The van der Waals surface area contributed by atoms with Crippen LogP contribution in [0.1, 0.15) is 22.5 Å². The quantitative estimate of drug-likeness (QED) is 0.672. The van der Waals surface area contributed by atoms with E-state index in [2.05, 4.69) is 10.6 Å². The zero-order valence-electron chi connectivity index (χ0n) is 15.5. The normalized spacial score (nSPS) is 11.9. The van der Waals surface area contributed by atoms with Crippen LogP contribution in [0.2, 0.25) is 0 Å². The van der Waals surface area contributed by atoms with Crippen LogP contribution in [0, 0.1) is 0 Å². The molecule has 0 radical (unpaired) electrons. The van der Waals surface area contributed by atoms with Crippen molar-refractivity contribution >= 4 is 11.8 Å². The van der Waals surface area contributed by atoms with Crippen molar-refractivity contribution in [3.8, 4) is 11.5 Å². The Morgan fingerprint density at radius 2 is 1.79 bits per heavy atom. The van der Waals surface area contributed by atoms with E-state index in [-0.39, 0.29) is 38.1 Å². The summed E-state index contributed by atoms with van der Waals surface area (Å²) in [6, 6.07) is 6.13. The molecule has 3 rings (SSSR count). The van der Waals surface area contributed by atoms with Crippen molar-refractivity contribution < 1.29 is 19.1 Å². The fourth-order valence-corrected chi connectivity index (χ4v) is 2.65. The average Bonchev–Trinajstić information content (AvgIpc) is 3.15. The number of rotatable bonds is 6. The first-order valence-corrected chi connectivity index (χ1v) is 8.57. The Morgan fingerprint density at radius 1 is 1.04 bits per heavy atom. The maximum absolute atomic E-state index is 12.1. The molecule has 28 heavy (non-hydrogen) atoms. The summed E-state index contributed by atoms with van der Waals surface area (Å²) >= 11 is 0. The van der Waals surface area contributed by atoms with E-state index in [4.69, 9.17) is 9.47 Å². The molecule has 2 heterocycles. The summed E-state index contributed by atoms with van der Waals surface area (Å²) in [7, 11) is 2.91. The minimum Gasteiger partial charge on any atom is -0.454 e. The van der Waals surface area contributed by atoms with Gasteiger partial charge >= 0.3 is 5.69 Å². The lowest BCUT2D eigenvalue weighted by molar-refractivity contribution is -0.121. The molecule has 0 atom stereocenters. The molecule has 0 aliphatic carbocycles. The fraction of sp³-hybridized carbons (Fsp3) is 0.333. The molecule has 148 valence electrons. The summed E-state index contributed by atoms with van der Waals surface area (Å²) in [4.78, 5) is 47.6. The molecule has 0 saturated heterocycles. The number of nitrogens with one attached hydrogen (secondary N) is 2. The predicted molar refractivity (Wildman–Crippen MR) is 98.3 cm³/mol. The smallest absolute Gasteiger partial charge is 0.330 e. The van der Waals surface area contributed by atoms with E-state index in [1.165, 1.54) is 24.7 Å². The molecular weight excluding hydrogens is 368 g/mol. The van der Waals surface area contributed by atoms with Crippen molar-refractivity contribution in [2.45, 2.75) is 13.0 Å². The molecular formula is C18H20N4O6. The lowest BCUT2D eigenvalue weighted by atomic mass is 10.2. The van der Waals surface area contributed by atoms with Crippen LogP contribution in [-0.2, 0) is 25.4 Å². The average molecular weight is 388 g/mol. The van der Waals surface area contributed by atoms with Crippen molar-refractivity contribution in [1.82, 2.24) is 19.8 Å². The van der Waals surface area contributed by atoms with Crippen LogP contribution in [-0.4, -0.2) is 34.3 Å². The first-order chi connectivity index (χ1) is 13.4. The van der Waals surface area contributed by atoms with Gasteiger partial charge in [0.15, 0.2) is 11.5 Å². The van der Waals surface area contributed by atoms with E-state index >= 15 is 0 Å². The minimum atomic E-state index is -0.465. The number of ether oxygens (including phenoxy) is 2. The van der Waals surface area contributed by atoms with Gasteiger partial charge in [-0.05, 0) is 18.2 Å². The molecule has 0 spiro atoms. The van der Waals surface area contributed by atoms with Crippen LogP contribution in [0.3, 0.4) is 0 Å². The highest BCUT2D eigenvalue weighted by Crippen LogP contribution is 2.32. The monoisotopic (exact) mass is 388 g/mol. The number of amides is 2. The molecule has 10 nitrogen and oxygen atoms in total. The Bertz CT molecular complexity index is 1040. The molecule has 2 aromatic rings. The van der Waals surface area contributed by atoms with E-state index in [0.717, 1.165) is 4.57 Å². The Labute approximate surface area is 159 Å². The zero-order valence-corrected chi connectivity index (χ0v) is 15.5. The zero-order chi connectivity index (χ0) is 20.3. The number of hydrogen-bond donors (Lipinski definition) is 2. The minimum absolute atomic E-state index is 0.0385. The second-order valence-electron chi connectivity index (χ2n) is 6.23. The SMILES string of the molecule is Cn1c(CNC(=O)CCNC(=O)c2ccc3c(c2)OCO3)cc(=O)n(C)c1=O. The number of aromatic nitrogens is 2. The lowest BCUT2D eigenvalue weighted by Gasteiger charge is -2.11. The third-order valence-corrected chi connectivity index (χ3v) is 4.36. The maximum atomic E-state index is 12.1. The summed E-state index contributed by atoms with van der Waals surface area (Å²) in [5, 5.41) is 5.28. The summed E-state index contributed by atoms with van der Waals surface area (Å²) in [5.74, 6) is 0.435. The largest absolute Gasteiger partial charge is 0.454 e. The van der Waals surface area contributed by atoms with Gasteiger partial charge in [0.05, 0.1) is 6.54 Å². The molecule has 1 aromatic carbocycles. The van der Waals surface area contributed by atoms with Gasteiger partial charge in [0.1, 0.15) is 0 Å². The van der Waals surface area contributed by atoms with Gasteiger partial charge < -0.3 is 20.1 Å². The van der Waals surface area contributed by atoms with Crippen LogP contribution in [0.4, 0.5) is 0 Å². The van der Waals surface area contributed by atoms with Crippen molar-refractivity contribution in [2.24, 2.45) is 14.1 Å². The van der Waals surface area contributed by atoms with E-state index in [1.54, 1.807) is 18.2 Å². The van der Waals surface area contributed by atoms with E-state index < -0.39 is 11.2 Å². The van der Waals surface area contributed by atoms with Gasteiger partial charge in [0.2, 0.25) is 12.7 Å². The number of nitrogens with zero attached hydrogens (tertiary/aromatic N) is 2. The number of fused-ring (bicyclic) bond motifs is 1. The first kappa shape index (κ1) is 19.2. The van der Waals surface area contributed by atoms with Gasteiger partial charge in [-0.3, -0.25) is 23.5 Å². The third-order valence-electron chi connectivity index (χ3n) is 4.36. The van der Waals surface area contributed by atoms with Crippen LogP contribution >= 0.6 is 0 Å². The van der Waals surface area contributed by atoms with Crippen LogP contribution in [0.15, 0.2) is 33.9 Å². The molecule has 2 N–H and O–H groups in total. The van der Waals surface area contributed by atoms with Gasteiger partial charge in [-0.15, -0.1) is 0 Å². The summed E-state index contributed by atoms with van der Waals surface area (Å²) < 4.78 is 12.7.